The van der Waals surface area contributed by atoms with E-state index < -0.39 is 4.32 Å². The molecule has 0 aliphatic heterocycles. The molecule has 0 unspecified atom stereocenters. The van der Waals surface area contributed by atoms with Gasteiger partial charge in [0.1, 0.15) is 0 Å². The van der Waals surface area contributed by atoms with Gasteiger partial charge in [-0.1, -0.05) is 46.3 Å². The molecule has 0 spiro atoms. The van der Waals surface area contributed by atoms with Crippen molar-refractivity contribution >= 4 is 38.9 Å². The van der Waals surface area contributed by atoms with Gasteiger partial charge in [-0.2, -0.15) is 0 Å². The summed E-state index contributed by atoms with van der Waals surface area (Å²) in [7, 11) is 0. The Hall–Kier alpha value is -1.81. The van der Waals surface area contributed by atoms with Crippen LogP contribution < -0.4 is 10.6 Å². The smallest absolute Gasteiger partial charge is 0.240 e. The molecular formula is C16H17BrN2O. The van der Waals surface area contributed by atoms with Gasteiger partial charge in [0.05, 0.1) is 15.7 Å². The lowest BCUT2D eigenvalue weighted by Gasteiger charge is -2.18. The highest BCUT2D eigenvalue weighted by Crippen LogP contribution is 2.27. The standard InChI is InChI=1S/C16H17BrN2O/c1-16(2,17)15(20)19-14-11-7-6-10-13(14)18-12-8-4-3-5-9-12/h3-11,18H,1-2H3,(H,19,20). The molecule has 0 heterocycles. The van der Waals surface area contributed by atoms with Crippen molar-refractivity contribution in [2.45, 2.75) is 18.2 Å². The number of hydrogen-bond acceptors (Lipinski definition) is 2. The van der Waals surface area contributed by atoms with Gasteiger partial charge in [0.25, 0.3) is 0 Å². The lowest BCUT2D eigenvalue weighted by Crippen LogP contribution is -2.31. The molecule has 3 nitrogen and oxygen atoms in total. The molecule has 2 aromatic rings. The molecule has 1 amide bonds. The molecule has 0 radical (unpaired) electrons. The van der Waals surface area contributed by atoms with Crippen molar-refractivity contribution in [2.24, 2.45) is 0 Å². The highest BCUT2D eigenvalue weighted by molar-refractivity contribution is 9.10. The molecule has 2 aromatic carbocycles. The second-order valence-corrected chi connectivity index (χ2v) is 6.95. The van der Waals surface area contributed by atoms with Gasteiger partial charge in [-0.25, -0.2) is 0 Å². The monoisotopic (exact) mass is 332 g/mol. The maximum Gasteiger partial charge on any atom is 0.240 e. The normalized spacial score (nSPS) is 10.9. The fraction of sp³-hybridized carbons (Fsp3) is 0.188. The minimum atomic E-state index is -0.604. The number of alkyl halides is 1. The predicted octanol–water partition coefficient (Wildman–Crippen LogP) is 4.54. The lowest BCUT2D eigenvalue weighted by molar-refractivity contribution is -0.117. The van der Waals surface area contributed by atoms with Crippen LogP contribution in [0.2, 0.25) is 0 Å². The van der Waals surface area contributed by atoms with E-state index in [4.69, 9.17) is 0 Å². The summed E-state index contributed by atoms with van der Waals surface area (Å²) in [5.41, 5.74) is 2.60. The van der Waals surface area contributed by atoms with Crippen LogP contribution >= 0.6 is 15.9 Å². The summed E-state index contributed by atoms with van der Waals surface area (Å²) in [5, 5.41) is 6.22. The summed E-state index contributed by atoms with van der Waals surface area (Å²) in [4.78, 5) is 12.1. The highest BCUT2D eigenvalue weighted by Gasteiger charge is 2.24. The van der Waals surface area contributed by atoms with Gasteiger partial charge >= 0.3 is 0 Å². The third-order valence-electron chi connectivity index (χ3n) is 2.77. The molecule has 0 bridgehead atoms. The molecule has 0 saturated carbocycles. The third-order valence-corrected chi connectivity index (χ3v) is 3.13. The Bertz CT molecular complexity index is 591. The van der Waals surface area contributed by atoms with Gasteiger partial charge in [0.15, 0.2) is 0 Å². The van der Waals surface area contributed by atoms with Crippen molar-refractivity contribution < 1.29 is 4.79 Å². The molecule has 2 rings (SSSR count). The zero-order chi connectivity index (χ0) is 14.6. The predicted molar refractivity (Wildman–Crippen MR) is 87.8 cm³/mol. The summed E-state index contributed by atoms with van der Waals surface area (Å²) in [6.45, 7) is 3.63. The van der Waals surface area contributed by atoms with E-state index in [0.29, 0.717) is 0 Å². The lowest BCUT2D eigenvalue weighted by atomic mass is 10.2. The number of carbonyl (C=O) groups is 1. The zero-order valence-electron chi connectivity index (χ0n) is 11.5. The molecule has 0 aromatic heterocycles. The van der Waals surface area contributed by atoms with Crippen LogP contribution in [0.4, 0.5) is 17.1 Å². The summed E-state index contributed by atoms with van der Waals surface area (Å²) in [6, 6.07) is 17.5. The van der Waals surface area contributed by atoms with Crippen molar-refractivity contribution in [1.82, 2.24) is 0 Å². The van der Waals surface area contributed by atoms with E-state index in [9.17, 15) is 4.79 Å². The van der Waals surface area contributed by atoms with Crippen LogP contribution in [0.25, 0.3) is 0 Å². The van der Waals surface area contributed by atoms with Gasteiger partial charge in [0, 0.05) is 5.69 Å². The van der Waals surface area contributed by atoms with E-state index in [1.165, 1.54) is 0 Å². The fourth-order valence-electron chi connectivity index (χ4n) is 1.65. The van der Waals surface area contributed by atoms with Gasteiger partial charge in [-0.15, -0.1) is 0 Å². The first-order valence-corrected chi connectivity index (χ1v) is 7.17. The van der Waals surface area contributed by atoms with E-state index in [1.54, 1.807) is 0 Å². The Labute approximate surface area is 127 Å². The topological polar surface area (TPSA) is 41.1 Å². The molecule has 2 N–H and O–H groups in total. The summed E-state index contributed by atoms with van der Waals surface area (Å²) >= 11 is 3.36. The van der Waals surface area contributed by atoms with Crippen LogP contribution in [0.1, 0.15) is 13.8 Å². The van der Waals surface area contributed by atoms with Gasteiger partial charge in [-0.3, -0.25) is 4.79 Å². The van der Waals surface area contributed by atoms with Crippen molar-refractivity contribution in [3.8, 4) is 0 Å². The quantitative estimate of drug-likeness (QED) is 0.807. The highest BCUT2D eigenvalue weighted by atomic mass is 79.9. The summed E-state index contributed by atoms with van der Waals surface area (Å²) in [6.07, 6.45) is 0. The van der Waals surface area contributed by atoms with E-state index in [0.717, 1.165) is 17.1 Å². The van der Waals surface area contributed by atoms with Crippen LogP contribution in [0, 0.1) is 0 Å². The van der Waals surface area contributed by atoms with Crippen LogP contribution in [0.5, 0.6) is 0 Å². The first-order chi connectivity index (χ1) is 9.47. The van der Waals surface area contributed by atoms with E-state index in [-0.39, 0.29) is 5.91 Å². The maximum absolute atomic E-state index is 12.1. The largest absolute Gasteiger partial charge is 0.354 e. The van der Waals surface area contributed by atoms with E-state index in [2.05, 4.69) is 26.6 Å². The molecule has 0 saturated heterocycles. The number of halogens is 1. The first-order valence-electron chi connectivity index (χ1n) is 6.38. The number of benzene rings is 2. The van der Waals surface area contributed by atoms with Gasteiger partial charge in [-0.05, 0) is 38.1 Å². The Morgan fingerprint density at radius 2 is 1.50 bits per heavy atom. The molecule has 4 heteroatoms. The molecule has 0 aliphatic carbocycles. The zero-order valence-corrected chi connectivity index (χ0v) is 13.1. The molecule has 20 heavy (non-hydrogen) atoms. The van der Waals surface area contributed by atoms with Gasteiger partial charge < -0.3 is 10.6 Å². The summed E-state index contributed by atoms with van der Waals surface area (Å²) < 4.78 is -0.604. The SMILES string of the molecule is CC(C)(Br)C(=O)Nc1ccccc1Nc1ccccc1. The Morgan fingerprint density at radius 3 is 2.10 bits per heavy atom. The average molecular weight is 333 g/mol. The number of para-hydroxylation sites is 3. The van der Waals surface area contributed by atoms with Crippen molar-refractivity contribution in [3.63, 3.8) is 0 Å². The maximum atomic E-state index is 12.1. The number of anilines is 3. The third kappa shape index (κ3) is 3.84. The number of rotatable bonds is 4. The fourth-order valence-corrected chi connectivity index (χ4v) is 1.75. The molecule has 0 atom stereocenters. The number of carbonyl (C=O) groups excluding carboxylic acids is 1. The minimum absolute atomic E-state index is 0.0835. The van der Waals surface area contributed by atoms with Crippen LogP contribution in [0.3, 0.4) is 0 Å². The second kappa shape index (κ2) is 6.09. The van der Waals surface area contributed by atoms with Crippen molar-refractivity contribution in [1.29, 1.82) is 0 Å². The number of hydrogen-bond donors (Lipinski definition) is 2. The van der Waals surface area contributed by atoms with Gasteiger partial charge in [0.2, 0.25) is 5.91 Å². The molecule has 0 fully saturated rings. The van der Waals surface area contributed by atoms with E-state index in [1.807, 2.05) is 68.4 Å². The minimum Gasteiger partial charge on any atom is -0.354 e. The Morgan fingerprint density at radius 1 is 0.950 bits per heavy atom. The van der Waals surface area contributed by atoms with Crippen LogP contribution in [-0.4, -0.2) is 10.2 Å². The first kappa shape index (κ1) is 14.6. The van der Waals surface area contributed by atoms with Crippen LogP contribution in [-0.2, 0) is 4.79 Å². The molecular weight excluding hydrogens is 316 g/mol. The van der Waals surface area contributed by atoms with E-state index >= 15 is 0 Å². The Balaban J connectivity index is 2.21. The number of amides is 1. The van der Waals surface area contributed by atoms with Crippen molar-refractivity contribution in [2.75, 3.05) is 10.6 Å². The number of nitrogens with one attached hydrogen (secondary N) is 2. The van der Waals surface area contributed by atoms with Crippen LogP contribution in [0.15, 0.2) is 54.6 Å². The average Bonchev–Trinajstić information content (AvgIpc) is 2.41. The second-order valence-electron chi connectivity index (χ2n) is 4.96. The van der Waals surface area contributed by atoms with Crippen molar-refractivity contribution in [3.05, 3.63) is 54.6 Å². The molecule has 104 valence electrons. The summed E-state index contributed by atoms with van der Waals surface area (Å²) in [5.74, 6) is -0.0835. The molecule has 0 aliphatic rings. The Kier molecular flexibility index (Phi) is 4.45.